The molecule has 0 aliphatic rings. The van der Waals surface area contributed by atoms with Crippen molar-refractivity contribution in [3.63, 3.8) is 0 Å². The van der Waals surface area contributed by atoms with Crippen molar-refractivity contribution in [1.29, 1.82) is 0 Å². The molecule has 170 valence electrons. The molecule has 4 rings (SSSR count). The van der Waals surface area contributed by atoms with Gasteiger partial charge in [-0.2, -0.15) is 0 Å². The third-order valence-electron chi connectivity index (χ3n) is 5.66. The van der Waals surface area contributed by atoms with Crippen LogP contribution in [0.4, 0.5) is 0 Å². The highest BCUT2D eigenvalue weighted by Crippen LogP contribution is 2.18. The number of carbonyl (C=O) groups excluding carboxylic acids is 1. The molecule has 1 amide bonds. The number of para-hydroxylation sites is 2. The van der Waals surface area contributed by atoms with Crippen molar-refractivity contribution in [2.24, 2.45) is 0 Å². The lowest BCUT2D eigenvalue weighted by Crippen LogP contribution is -2.25. The smallest absolute Gasteiger partial charge is 0.251 e. The zero-order valence-corrected chi connectivity index (χ0v) is 19.4. The minimum atomic E-state index is -0.0273. The van der Waals surface area contributed by atoms with Gasteiger partial charge in [-0.15, -0.1) is 0 Å². The van der Waals surface area contributed by atoms with Crippen LogP contribution in [0.1, 0.15) is 40.2 Å². The molecule has 0 radical (unpaired) electrons. The maximum Gasteiger partial charge on any atom is 0.251 e. The van der Waals surface area contributed by atoms with E-state index in [1.54, 1.807) is 0 Å². The molecule has 1 aromatic heterocycles. The Bertz CT molecular complexity index is 1230. The highest BCUT2D eigenvalue weighted by atomic mass is 16.5. The molecule has 0 fully saturated rings. The second kappa shape index (κ2) is 10.8. The number of nitrogens with zero attached hydrogens (tertiary/aromatic N) is 2. The van der Waals surface area contributed by atoms with Crippen LogP contribution in [-0.2, 0) is 13.0 Å². The lowest BCUT2D eigenvalue weighted by atomic mass is 10.1. The van der Waals surface area contributed by atoms with E-state index in [1.165, 1.54) is 5.56 Å². The number of fused-ring (bicyclic) bond motifs is 1. The van der Waals surface area contributed by atoms with Gasteiger partial charge in [-0.1, -0.05) is 42.0 Å². The molecule has 33 heavy (non-hydrogen) atoms. The van der Waals surface area contributed by atoms with E-state index in [-0.39, 0.29) is 5.91 Å². The molecule has 4 aromatic rings. The molecule has 1 heterocycles. The molecule has 0 bridgehead atoms. The summed E-state index contributed by atoms with van der Waals surface area (Å²) in [5.74, 6) is 1.94. The highest BCUT2D eigenvalue weighted by molar-refractivity contribution is 5.94. The van der Waals surface area contributed by atoms with E-state index in [0.717, 1.165) is 54.0 Å². The minimum Gasteiger partial charge on any atom is -0.494 e. The number of ether oxygens (including phenoxy) is 1. The van der Waals surface area contributed by atoms with Crippen molar-refractivity contribution in [2.45, 2.75) is 39.7 Å². The number of rotatable bonds is 10. The monoisotopic (exact) mass is 441 g/mol. The molecule has 0 unspecified atom stereocenters. The van der Waals surface area contributed by atoms with Gasteiger partial charge in [0.25, 0.3) is 5.91 Å². The summed E-state index contributed by atoms with van der Waals surface area (Å²) >= 11 is 0. The molecule has 3 aromatic carbocycles. The Balaban J connectivity index is 1.33. The van der Waals surface area contributed by atoms with Gasteiger partial charge in [0.05, 0.1) is 17.6 Å². The molecular weight excluding hydrogens is 410 g/mol. The third kappa shape index (κ3) is 6.01. The van der Waals surface area contributed by atoms with Gasteiger partial charge in [0, 0.05) is 25.1 Å². The number of hydrogen-bond acceptors (Lipinski definition) is 3. The molecule has 5 heteroatoms. The molecule has 5 nitrogen and oxygen atoms in total. The Morgan fingerprint density at radius 3 is 2.55 bits per heavy atom. The Morgan fingerprint density at radius 1 is 0.939 bits per heavy atom. The van der Waals surface area contributed by atoms with Gasteiger partial charge >= 0.3 is 0 Å². The molecule has 1 N–H and O–H groups in total. The van der Waals surface area contributed by atoms with Crippen molar-refractivity contribution in [2.75, 3.05) is 13.2 Å². The van der Waals surface area contributed by atoms with E-state index in [9.17, 15) is 4.79 Å². The number of nitrogens with one attached hydrogen (secondary N) is 1. The van der Waals surface area contributed by atoms with Crippen LogP contribution in [0.5, 0.6) is 5.75 Å². The summed E-state index contributed by atoms with van der Waals surface area (Å²) < 4.78 is 8.22. The number of benzene rings is 3. The summed E-state index contributed by atoms with van der Waals surface area (Å²) in [6, 6.07) is 24.0. The van der Waals surface area contributed by atoms with Gasteiger partial charge in [0.15, 0.2) is 0 Å². The van der Waals surface area contributed by atoms with Crippen LogP contribution in [0.15, 0.2) is 72.8 Å². The summed E-state index contributed by atoms with van der Waals surface area (Å²) in [6.45, 7) is 6.18. The largest absolute Gasteiger partial charge is 0.494 e. The summed E-state index contributed by atoms with van der Waals surface area (Å²) in [4.78, 5) is 17.2. The summed E-state index contributed by atoms with van der Waals surface area (Å²) in [7, 11) is 0. The second-order valence-corrected chi connectivity index (χ2v) is 8.42. The zero-order valence-electron chi connectivity index (χ0n) is 19.4. The number of imidazole rings is 1. The summed E-state index contributed by atoms with van der Waals surface area (Å²) in [5.41, 5.74) is 5.14. The molecule has 0 saturated carbocycles. The molecule has 0 aliphatic heterocycles. The van der Waals surface area contributed by atoms with Gasteiger partial charge in [0.2, 0.25) is 0 Å². The van der Waals surface area contributed by atoms with Crippen LogP contribution in [0.2, 0.25) is 0 Å². The van der Waals surface area contributed by atoms with E-state index in [0.29, 0.717) is 18.7 Å². The number of hydrogen-bond donors (Lipinski definition) is 1. The average molecular weight is 442 g/mol. The van der Waals surface area contributed by atoms with Crippen LogP contribution in [0.3, 0.4) is 0 Å². The quantitative estimate of drug-likeness (QED) is 0.331. The summed E-state index contributed by atoms with van der Waals surface area (Å²) in [5, 5.41) is 3.03. The Kier molecular flexibility index (Phi) is 7.40. The minimum absolute atomic E-state index is 0.0273. The Hall–Kier alpha value is -3.60. The molecule has 0 aliphatic carbocycles. The van der Waals surface area contributed by atoms with E-state index >= 15 is 0 Å². The Morgan fingerprint density at radius 2 is 1.73 bits per heavy atom. The first kappa shape index (κ1) is 22.6. The molecular formula is C28H31N3O2. The van der Waals surface area contributed by atoms with Gasteiger partial charge in [-0.05, 0) is 68.7 Å². The predicted molar refractivity (Wildman–Crippen MR) is 133 cm³/mol. The fourth-order valence-corrected chi connectivity index (χ4v) is 4.02. The molecule has 0 spiro atoms. The first-order valence-corrected chi connectivity index (χ1v) is 11.6. The second-order valence-electron chi connectivity index (χ2n) is 8.42. The van der Waals surface area contributed by atoms with E-state index in [1.807, 2.05) is 49.4 Å². The van der Waals surface area contributed by atoms with Crippen molar-refractivity contribution < 1.29 is 9.53 Å². The van der Waals surface area contributed by atoms with Crippen molar-refractivity contribution in [3.05, 3.63) is 95.3 Å². The van der Waals surface area contributed by atoms with Crippen LogP contribution < -0.4 is 10.1 Å². The number of aryl methyl sites for hydroxylation is 4. The topological polar surface area (TPSA) is 56.1 Å². The fraction of sp³-hybridized carbons (Fsp3) is 0.286. The summed E-state index contributed by atoms with van der Waals surface area (Å²) in [6.07, 6.45) is 2.54. The van der Waals surface area contributed by atoms with Crippen LogP contribution in [0.25, 0.3) is 11.0 Å². The van der Waals surface area contributed by atoms with Crippen molar-refractivity contribution >= 4 is 16.9 Å². The first-order chi connectivity index (χ1) is 16.1. The molecule has 0 saturated heterocycles. The van der Waals surface area contributed by atoms with Crippen molar-refractivity contribution in [3.8, 4) is 5.75 Å². The van der Waals surface area contributed by atoms with Gasteiger partial charge in [0.1, 0.15) is 11.6 Å². The normalized spacial score (nSPS) is 11.0. The van der Waals surface area contributed by atoms with Gasteiger partial charge < -0.3 is 14.6 Å². The number of carbonyl (C=O) groups is 1. The average Bonchev–Trinajstić information content (AvgIpc) is 3.17. The van der Waals surface area contributed by atoms with E-state index < -0.39 is 0 Å². The highest BCUT2D eigenvalue weighted by Gasteiger charge is 2.11. The first-order valence-electron chi connectivity index (χ1n) is 11.6. The van der Waals surface area contributed by atoms with Crippen molar-refractivity contribution in [1.82, 2.24) is 14.9 Å². The van der Waals surface area contributed by atoms with Crippen LogP contribution >= 0.6 is 0 Å². The van der Waals surface area contributed by atoms with Gasteiger partial charge in [-0.3, -0.25) is 4.79 Å². The lowest BCUT2D eigenvalue weighted by Gasteiger charge is -2.11. The zero-order chi connectivity index (χ0) is 23.0. The van der Waals surface area contributed by atoms with Crippen LogP contribution in [0, 0.1) is 13.8 Å². The number of aromatic nitrogens is 2. The molecule has 0 atom stereocenters. The SMILES string of the molecule is Cc1cccc(OCCCn2c(CCCNC(=O)c3cccc(C)c3)nc3ccccc32)c1. The fourth-order valence-electron chi connectivity index (χ4n) is 4.02. The van der Waals surface area contributed by atoms with E-state index in [2.05, 4.69) is 47.1 Å². The third-order valence-corrected chi connectivity index (χ3v) is 5.66. The predicted octanol–water partition coefficient (Wildman–Crippen LogP) is 5.48. The standard InChI is InChI=1S/C28H31N3O2/c1-21-9-5-11-23(19-21)28(32)29-16-7-15-27-30-25-13-3-4-14-26(25)31(27)17-8-18-33-24-12-6-10-22(2)20-24/h3-6,9-14,19-20H,7-8,15-18H2,1-2H3,(H,29,32). The van der Waals surface area contributed by atoms with E-state index in [4.69, 9.17) is 9.72 Å². The lowest BCUT2D eigenvalue weighted by molar-refractivity contribution is 0.0953. The maximum absolute atomic E-state index is 12.4. The Labute approximate surface area is 195 Å². The number of amides is 1. The maximum atomic E-state index is 12.4. The van der Waals surface area contributed by atoms with Gasteiger partial charge in [-0.25, -0.2) is 4.98 Å². The van der Waals surface area contributed by atoms with Crippen LogP contribution in [-0.4, -0.2) is 28.6 Å².